The minimum absolute atomic E-state index is 0.181. The van der Waals surface area contributed by atoms with E-state index in [1.807, 2.05) is 0 Å². The van der Waals surface area contributed by atoms with Gasteiger partial charge in [-0.3, -0.25) is 0 Å². The van der Waals surface area contributed by atoms with Crippen molar-refractivity contribution in [1.82, 2.24) is 5.32 Å². The van der Waals surface area contributed by atoms with Crippen LogP contribution in [0.3, 0.4) is 0 Å². The molecule has 4 nitrogen and oxygen atoms in total. The van der Waals surface area contributed by atoms with Crippen LogP contribution in [0.15, 0.2) is 24.3 Å². The second-order valence-electron chi connectivity index (χ2n) is 5.32. The summed E-state index contributed by atoms with van der Waals surface area (Å²) >= 11 is 0. The third kappa shape index (κ3) is 5.70. The Kier molecular flexibility index (Phi) is 5.30. The van der Waals surface area contributed by atoms with Crippen molar-refractivity contribution in [2.24, 2.45) is 0 Å². The van der Waals surface area contributed by atoms with Crippen molar-refractivity contribution in [3.63, 3.8) is 0 Å². The number of hydrogen-bond acceptors (Lipinski definition) is 3. The molecule has 0 aliphatic heterocycles. The fraction of sp³-hybridized carbons (Fsp3) is 0.500. The maximum absolute atomic E-state index is 13.1. The summed E-state index contributed by atoms with van der Waals surface area (Å²) in [5, 5.41) is 11.9. The van der Waals surface area contributed by atoms with Gasteiger partial charge < -0.3 is 15.2 Å². The molecule has 19 heavy (non-hydrogen) atoms. The van der Waals surface area contributed by atoms with Gasteiger partial charge in [0.2, 0.25) is 0 Å². The fourth-order valence-electron chi connectivity index (χ4n) is 1.57. The predicted octanol–water partition coefficient (Wildman–Crippen LogP) is 2.43. The standard InChI is InChI=1S/C14H20FNO3/c1-14(2,3)19-13(18)16-8-11(9-17)10-5-4-6-12(15)7-10/h4-7,11,17H,8-9H2,1-3H3,(H,16,18). The van der Waals surface area contributed by atoms with Crippen LogP contribution in [0, 0.1) is 5.82 Å². The maximum Gasteiger partial charge on any atom is 0.407 e. The summed E-state index contributed by atoms with van der Waals surface area (Å²) < 4.78 is 18.2. The van der Waals surface area contributed by atoms with Crippen molar-refractivity contribution >= 4 is 6.09 Å². The van der Waals surface area contributed by atoms with E-state index in [0.717, 1.165) is 0 Å². The lowest BCUT2D eigenvalue weighted by Gasteiger charge is -2.21. The Morgan fingerprint density at radius 3 is 2.68 bits per heavy atom. The number of hydrogen-bond donors (Lipinski definition) is 2. The van der Waals surface area contributed by atoms with Crippen LogP contribution >= 0.6 is 0 Å². The Labute approximate surface area is 112 Å². The molecule has 0 bridgehead atoms. The molecule has 0 fully saturated rings. The van der Waals surface area contributed by atoms with Crippen LogP contribution < -0.4 is 5.32 Å². The van der Waals surface area contributed by atoms with Crippen molar-refractivity contribution < 1.29 is 19.0 Å². The van der Waals surface area contributed by atoms with Gasteiger partial charge in [-0.1, -0.05) is 12.1 Å². The third-order valence-electron chi connectivity index (χ3n) is 2.43. The molecule has 0 saturated heterocycles. The van der Waals surface area contributed by atoms with Gasteiger partial charge in [0, 0.05) is 12.5 Å². The Bertz CT molecular complexity index is 429. The van der Waals surface area contributed by atoms with Crippen LogP contribution in [-0.4, -0.2) is 30.0 Å². The first-order valence-electron chi connectivity index (χ1n) is 6.15. The van der Waals surface area contributed by atoms with Gasteiger partial charge in [0.25, 0.3) is 0 Å². The number of benzene rings is 1. The van der Waals surface area contributed by atoms with E-state index < -0.39 is 11.7 Å². The molecule has 1 atom stereocenters. The van der Waals surface area contributed by atoms with Gasteiger partial charge in [-0.25, -0.2) is 9.18 Å². The van der Waals surface area contributed by atoms with E-state index in [9.17, 15) is 14.3 Å². The number of ether oxygens (including phenoxy) is 1. The summed E-state index contributed by atoms with van der Waals surface area (Å²) in [7, 11) is 0. The molecular weight excluding hydrogens is 249 g/mol. The van der Waals surface area contributed by atoms with Crippen molar-refractivity contribution in [2.45, 2.75) is 32.3 Å². The largest absolute Gasteiger partial charge is 0.444 e. The number of halogens is 1. The zero-order valence-electron chi connectivity index (χ0n) is 11.4. The van der Waals surface area contributed by atoms with Gasteiger partial charge in [0.1, 0.15) is 11.4 Å². The summed E-state index contributed by atoms with van der Waals surface area (Å²) in [5.41, 5.74) is 0.0658. The normalized spacial score (nSPS) is 12.9. The smallest absolute Gasteiger partial charge is 0.407 e. The molecule has 1 aromatic rings. The third-order valence-corrected chi connectivity index (χ3v) is 2.43. The molecule has 0 spiro atoms. The molecule has 1 amide bonds. The Morgan fingerprint density at radius 1 is 1.47 bits per heavy atom. The number of aliphatic hydroxyl groups excluding tert-OH is 1. The van der Waals surface area contributed by atoms with Crippen molar-refractivity contribution in [2.75, 3.05) is 13.2 Å². The zero-order chi connectivity index (χ0) is 14.5. The van der Waals surface area contributed by atoms with Crippen LogP contribution in [0.25, 0.3) is 0 Å². The van der Waals surface area contributed by atoms with E-state index in [1.165, 1.54) is 12.1 Å². The number of carbonyl (C=O) groups excluding carboxylic acids is 1. The van der Waals surface area contributed by atoms with Crippen LogP contribution in [0.2, 0.25) is 0 Å². The number of alkyl carbamates (subject to hydrolysis) is 1. The molecule has 0 heterocycles. The van der Waals surface area contributed by atoms with E-state index in [-0.39, 0.29) is 24.9 Å². The van der Waals surface area contributed by atoms with Crippen LogP contribution in [0.1, 0.15) is 32.3 Å². The molecule has 1 rings (SSSR count). The summed E-state index contributed by atoms with van der Waals surface area (Å²) in [5.74, 6) is -0.726. The van der Waals surface area contributed by atoms with Gasteiger partial charge in [-0.15, -0.1) is 0 Å². The molecule has 0 aliphatic carbocycles. The number of nitrogens with one attached hydrogen (secondary N) is 1. The van der Waals surface area contributed by atoms with Crippen LogP contribution in [0.5, 0.6) is 0 Å². The molecule has 106 valence electrons. The highest BCUT2D eigenvalue weighted by Gasteiger charge is 2.18. The molecule has 1 aromatic carbocycles. The first kappa shape index (κ1) is 15.4. The molecular formula is C14H20FNO3. The SMILES string of the molecule is CC(C)(C)OC(=O)NCC(CO)c1cccc(F)c1. The van der Waals surface area contributed by atoms with E-state index in [4.69, 9.17) is 4.74 Å². The monoisotopic (exact) mass is 269 g/mol. The lowest BCUT2D eigenvalue weighted by atomic mass is 10.00. The Hall–Kier alpha value is -1.62. The summed E-state index contributed by atoms with van der Waals surface area (Å²) in [6.07, 6.45) is -0.553. The minimum Gasteiger partial charge on any atom is -0.444 e. The first-order valence-corrected chi connectivity index (χ1v) is 6.15. The fourth-order valence-corrected chi connectivity index (χ4v) is 1.57. The second-order valence-corrected chi connectivity index (χ2v) is 5.32. The topological polar surface area (TPSA) is 58.6 Å². The van der Waals surface area contributed by atoms with Crippen molar-refractivity contribution in [1.29, 1.82) is 0 Å². The first-order chi connectivity index (χ1) is 8.81. The highest BCUT2D eigenvalue weighted by molar-refractivity contribution is 5.67. The summed E-state index contributed by atoms with van der Waals surface area (Å²) in [6, 6.07) is 5.96. The molecule has 1 unspecified atom stereocenters. The van der Waals surface area contributed by atoms with Gasteiger partial charge in [0.15, 0.2) is 0 Å². The minimum atomic E-state index is -0.572. The highest BCUT2D eigenvalue weighted by atomic mass is 19.1. The number of carbonyl (C=O) groups is 1. The zero-order valence-corrected chi connectivity index (χ0v) is 11.4. The number of amides is 1. The van der Waals surface area contributed by atoms with Crippen LogP contribution in [0.4, 0.5) is 9.18 Å². The molecule has 0 aromatic heterocycles. The quantitative estimate of drug-likeness (QED) is 0.882. The molecule has 2 N–H and O–H groups in total. The average molecular weight is 269 g/mol. The lowest BCUT2D eigenvalue weighted by molar-refractivity contribution is 0.0521. The second kappa shape index (κ2) is 6.52. The Balaban J connectivity index is 2.56. The number of aliphatic hydroxyl groups is 1. The van der Waals surface area contributed by atoms with Crippen LogP contribution in [-0.2, 0) is 4.74 Å². The average Bonchev–Trinajstić information content (AvgIpc) is 2.27. The predicted molar refractivity (Wildman–Crippen MR) is 70.5 cm³/mol. The van der Waals surface area contributed by atoms with Gasteiger partial charge in [0.05, 0.1) is 6.61 Å². The number of rotatable bonds is 4. The van der Waals surface area contributed by atoms with E-state index in [2.05, 4.69) is 5.32 Å². The Morgan fingerprint density at radius 2 is 2.16 bits per heavy atom. The van der Waals surface area contributed by atoms with E-state index in [1.54, 1.807) is 32.9 Å². The van der Waals surface area contributed by atoms with E-state index in [0.29, 0.717) is 5.56 Å². The van der Waals surface area contributed by atoms with Gasteiger partial charge in [-0.05, 0) is 38.5 Å². The molecule has 0 radical (unpaired) electrons. The van der Waals surface area contributed by atoms with Crippen molar-refractivity contribution in [3.05, 3.63) is 35.6 Å². The summed E-state index contributed by atoms with van der Waals surface area (Å²) in [4.78, 5) is 11.5. The van der Waals surface area contributed by atoms with E-state index >= 15 is 0 Å². The lowest BCUT2D eigenvalue weighted by Crippen LogP contribution is -2.35. The van der Waals surface area contributed by atoms with Gasteiger partial charge in [-0.2, -0.15) is 0 Å². The molecule has 5 heteroatoms. The molecule has 0 saturated carbocycles. The maximum atomic E-state index is 13.1. The summed E-state index contributed by atoms with van der Waals surface area (Å²) in [6.45, 7) is 5.31. The molecule has 0 aliphatic rings. The van der Waals surface area contributed by atoms with Gasteiger partial charge >= 0.3 is 6.09 Å². The highest BCUT2D eigenvalue weighted by Crippen LogP contribution is 2.16. The van der Waals surface area contributed by atoms with Crippen molar-refractivity contribution in [3.8, 4) is 0 Å².